The molecule has 1 aromatic rings. The van der Waals surface area contributed by atoms with E-state index >= 15 is 0 Å². The van der Waals surface area contributed by atoms with Crippen LogP contribution in [0.2, 0.25) is 0 Å². The predicted octanol–water partition coefficient (Wildman–Crippen LogP) is 3.82. The number of aliphatic hydroxyl groups excluding tert-OH is 1. The minimum Gasteiger partial charge on any atom is -0.491 e. The van der Waals surface area contributed by atoms with Gasteiger partial charge in [-0.15, -0.1) is 0 Å². The number of carbonyl (C=O) groups excluding carboxylic acids is 1. The SMILES string of the molecule is CCC(=O)c1ccc(OC[C@@H](O)CNC(C)(C)CC(C)(C)C)cc1. The van der Waals surface area contributed by atoms with E-state index < -0.39 is 6.10 Å². The van der Waals surface area contributed by atoms with Gasteiger partial charge in [0, 0.05) is 24.1 Å². The lowest BCUT2D eigenvalue weighted by atomic mass is 9.82. The van der Waals surface area contributed by atoms with Crippen LogP contribution in [0.4, 0.5) is 0 Å². The summed E-state index contributed by atoms with van der Waals surface area (Å²) in [4.78, 5) is 11.6. The van der Waals surface area contributed by atoms with E-state index in [0.29, 0.717) is 24.3 Å². The molecule has 24 heavy (non-hydrogen) atoms. The van der Waals surface area contributed by atoms with Crippen LogP contribution >= 0.6 is 0 Å². The number of ketones is 1. The summed E-state index contributed by atoms with van der Waals surface area (Å²) < 4.78 is 5.60. The minimum atomic E-state index is -0.582. The van der Waals surface area contributed by atoms with Gasteiger partial charge in [0.25, 0.3) is 0 Å². The van der Waals surface area contributed by atoms with Gasteiger partial charge in [0.05, 0.1) is 0 Å². The number of aliphatic hydroxyl groups is 1. The Hall–Kier alpha value is -1.39. The van der Waals surface area contributed by atoms with Crippen LogP contribution in [0.3, 0.4) is 0 Å². The molecule has 0 aliphatic carbocycles. The van der Waals surface area contributed by atoms with Gasteiger partial charge in [-0.3, -0.25) is 4.79 Å². The summed E-state index contributed by atoms with van der Waals surface area (Å²) in [5, 5.41) is 13.5. The van der Waals surface area contributed by atoms with Gasteiger partial charge in [0.1, 0.15) is 18.5 Å². The highest BCUT2D eigenvalue weighted by atomic mass is 16.5. The highest BCUT2D eigenvalue weighted by Crippen LogP contribution is 2.26. The molecule has 0 aromatic heterocycles. The molecule has 2 N–H and O–H groups in total. The van der Waals surface area contributed by atoms with Crippen molar-refractivity contribution >= 4 is 5.78 Å². The lowest BCUT2D eigenvalue weighted by molar-refractivity contribution is 0.0942. The first-order valence-electron chi connectivity index (χ1n) is 8.71. The van der Waals surface area contributed by atoms with Gasteiger partial charge < -0.3 is 15.2 Å². The Morgan fingerprint density at radius 2 is 1.75 bits per heavy atom. The minimum absolute atomic E-state index is 0.0403. The predicted molar refractivity (Wildman–Crippen MR) is 98.7 cm³/mol. The summed E-state index contributed by atoms with van der Waals surface area (Å²) in [5.41, 5.74) is 0.882. The second kappa shape index (κ2) is 8.63. The van der Waals surface area contributed by atoms with E-state index in [-0.39, 0.29) is 23.3 Å². The number of rotatable bonds is 9. The largest absolute Gasteiger partial charge is 0.491 e. The standard InChI is InChI=1S/C20H33NO3/c1-7-18(23)15-8-10-17(11-9-15)24-13-16(22)12-21-20(5,6)14-19(2,3)4/h8-11,16,21-22H,7,12-14H2,1-6H3/t16-/m0/s1. The zero-order chi connectivity index (χ0) is 18.4. The highest BCUT2D eigenvalue weighted by Gasteiger charge is 2.25. The van der Waals surface area contributed by atoms with Crippen LogP contribution in [0.25, 0.3) is 0 Å². The zero-order valence-electron chi connectivity index (χ0n) is 16.0. The molecule has 0 saturated heterocycles. The third kappa shape index (κ3) is 7.93. The first kappa shape index (κ1) is 20.7. The van der Waals surface area contributed by atoms with Crippen molar-refractivity contribution in [3.63, 3.8) is 0 Å². The summed E-state index contributed by atoms with van der Waals surface area (Å²) in [5.74, 6) is 0.780. The second-order valence-corrected chi connectivity index (χ2v) is 8.27. The summed E-state index contributed by atoms with van der Waals surface area (Å²) in [6.45, 7) is 13.5. The first-order chi connectivity index (χ1) is 11.0. The van der Waals surface area contributed by atoms with Crippen molar-refractivity contribution in [2.45, 2.75) is 66.0 Å². The maximum absolute atomic E-state index is 11.6. The lowest BCUT2D eigenvalue weighted by Gasteiger charge is -2.34. The van der Waals surface area contributed by atoms with E-state index in [4.69, 9.17) is 4.74 Å². The van der Waals surface area contributed by atoms with E-state index in [1.807, 2.05) is 6.92 Å². The summed E-state index contributed by atoms with van der Waals surface area (Å²) in [7, 11) is 0. The number of β-amino-alcohol motifs (C(OH)–C–C–N with tert-alkyl or cyclic N) is 1. The van der Waals surface area contributed by atoms with Crippen molar-refractivity contribution in [1.29, 1.82) is 0 Å². The number of carbonyl (C=O) groups is 1. The molecule has 0 radical (unpaired) electrons. The molecule has 4 nitrogen and oxygen atoms in total. The fraction of sp³-hybridized carbons (Fsp3) is 0.650. The summed E-state index contributed by atoms with van der Waals surface area (Å²) >= 11 is 0. The smallest absolute Gasteiger partial charge is 0.162 e. The fourth-order valence-corrected chi connectivity index (χ4v) is 2.97. The van der Waals surface area contributed by atoms with Gasteiger partial charge in [-0.25, -0.2) is 0 Å². The molecule has 0 spiro atoms. The van der Waals surface area contributed by atoms with Gasteiger partial charge in [-0.2, -0.15) is 0 Å². The average Bonchev–Trinajstić information content (AvgIpc) is 2.48. The van der Waals surface area contributed by atoms with E-state index in [9.17, 15) is 9.90 Å². The number of hydrogen-bond donors (Lipinski definition) is 2. The number of benzene rings is 1. The molecule has 4 heteroatoms. The molecule has 0 unspecified atom stereocenters. The fourth-order valence-electron chi connectivity index (χ4n) is 2.97. The van der Waals surface area contributed by atoms with Gasteiger partial charge in [0.2, 0.25) is 0 Å². The number of nitrogens with one attached hydrogen (secondary N) is 1. The van der Waals surface area contributed by atoms with Crippen molar-refractivity contribution in [2.24, 2.45) is 5.41 Å². The van der Waals surface area contributed by atoms with Crippen LogP contribution in [0, 0.1) is 5.41 Å². The van der Waals surface area contributed by atoms with Crippen LogP contribution in [0.15, 0.2) is 24.3 Å². The maximum Gasteiger partial charge on any atom is 0.162 e. The first-order valence-corrected chi connectivity index (χ1v) is 8.71. The Morgan fingerprint density at radius 1 is 1.17 bits per heavy atom. The Bertz CT molecular complexity index is 515. The van der Waals surface area contributed by atoms with Crippen LogP contribution in [0.1, 0.15) is 64.7 Å². The topological polar surface area (TPSA) is 58.6 Å². The van der Waals surface area contributed by atoms with Crippen LogP contribution in [-0.2, 0) is 0 Å². The molecule has 1 atom stereocenters. The quantitative estimate of drug-likeness (QED) is 0.674. The zero-order valence-corrected chi connectivity index (χ0v) is 16.0. The van der Waals surface area contributed by atoms with Crippen LogP contribution < -0.4 is 10.1 Å². The Labute approximate surface area is 146 Å². The van der Waals surface area contributed by atoms with E-state index in [2.05, 4.69) is 39.9 Å². The normalized spacial score (nSPS) is 13.6. The third-order valence-corrected chi connectivity index (χ3v) is 3.73. The van der Waals surface area contributed by atoms with Gasteiger partial charge >= 0.3 is 0 Å². The molecular weight excluding hydrogens is 302 g/mol. The van der Waals surface area contributed by atoms with Gasteiger partial charge in [0.15, 0.2) is 5.78 Å². The number of Topliss-reactive ketones (excluding diaryl/α,β-unsaturated/α-hetero) is 1. The van der Waals surface area contributed by atoms with E-state index in [1.165, 1.54) is 0 Å². The second-order valence-electron chi connectivity index (χ2n) is 8.27. The molecule has 1 aromatic carbocycles. The molecule has 0 bridgehead atoms. The van der Waals surface area contributed by atoms with Gasteiger partial charge in [-0.1, -0.05) is 27.7 Å². The molecule has 0 fully saturated rings. The average molecular weight is 335 g/mol. The van der Waals surface area contributed by atoms with Crippen molar-refractivity contribution in [1.82, 2.24) is 5.32 Å². The molecule has 1 rings (SSSR count). The van der Waals surface area contributed by atoms with Crippen molar-refractivity contribution < 1.29 is 14.6 Å². The summed E-state index contributed by atoms with van der Waals surface area (Å²) in [6, 6.07) is 7.07. The summed E-state index contributed by atoms with van der Waals surface area (Å²) in [6.07, 6.45) is 0.927. The number of ether oxygens (including phenoxy) is 1. The Morgan fingerprint density at radius 3 is 2.25 bits per heavy atom. The number of hydrogen-bond acceptors (Lipinski definition) is 4. The molecule has 0 saturated carbocycles. The van der Waals surface area contributed by atoms with Crippen LogP contribution in [-0.4, -0.2) is 35.7 Å². The van der Waals surface area contributed by atoms with Crippen LogP contribution in [0.5, 0.6) is 5.75 Å². The van der Waals surface area contributed by atoms with E-state index in [0.717, 1.165) is 6.42 Å². The van der Waals surface area contributed by atoms with Gasteiger partial charge in [-0.05, 0) is 49.9 Å². The molecule has 0 amide bonds. The third-order valence-electron chi connectivity index (χ3n) is 3.73. The monoisotopic (exact) mass is 335 g/mol. The molecule has 0 aliphatic heterocycles. The van der Waals surface area contributed by atoms with E-state index in [1.54, 1.807) is 24.3 Å². The van der Waals surface area contributed by atoms with Crippen molar-refractivity contribution in [3.8, 4) is 5.75 Å². The Kier molecular flexibility index (Phi) is 7.43. The molecule has 136 valence electrons. The van der Waals surface area contributed by atoms with Crippen molar-refractivity contribution in [3.05, 3.63) is 29.8 Å². The highest BCUT2D eigenvalue weighted by molar-refractivity contribution is 5.95. The molecule has 0 aliphatic rings. The molecule has 0 heterocycles. The lowest BCUT2D eigenvalue weighted by Crippen LogP contribution is -2.46. The maximum atomic E-state index is 11.6. The van der Waals surface area contributed by atoms with Crippen molar-refractivity contribution in [2.75, 3.05) is 13.2 Å². The Balaban J connectivity index is 2.41. The molecular formula is C20H33NO3.